The first-order valence-electron chi connectivity index (χ1n) is 9.07. The van der Waals surface area contributed by atoms with E-state index in [4.69, 9.17) is 16.3 Å². The number of carbonyl (C=O) groups is 2. The van der Waals surface area contributed by atoms with Gasteiger partial charge in [-0.25, -0.2) is 4.79 Å². The van der Waals surface area contributed by atoms with E-state index in [0.29, 0.717) is 5.56 Å². The van der Waals surface area contributed by atoms with Crippen molar-refractivity contribution in [3.63, 3.8) is 0 Å². The molecule has 1 amide bonds. The van der Waals surface area contributed by atoms with Gasteiger partial charge < -0.3 is 15.0 Å². The fourth-order valence-electron chi connectivity index (χ4n) is 2.64. The molecule has 1 unspecified atom stereocenters. The first kappa shape index (κ1) is 22.2. The number of esters is 1. The third-order valence-corrected chi connectivity index (χ3v) is 4.63. The van der Waals surface area contributed by atoms with Gasteiger partial charge in [0.05, 0.1) is 21.2 Å². The molecule has 2 rings (SSSR count). The van der Waals surface area contributed by atoms with Crippen molar-refractivity contribution in [1.29, 1.82) is 0 Å². The third kappa shape index (κ3) is 5.68. The van der Waals surface area contributed by atoms with Crippen LogP contribution in [0.1, 0.15) is 31.1 Å². The lowest BCUT2D eigenvalue weighted by atomic mass is 10.2. The average molecular weight is 420 g/mol. The van der Waals surface area contributed by atoms with Gasteiger partial charge >= 0.3 is 5.97 Å². The van der Waals surface area contributed by atoms with Crippen molar-refractivity contribution < 1.29 is 19.2 Å². The summed E-state index contributed by atoms with van der Waals surface area (Å²) in [6, 6.07) is 10.6. The maximum Gasteiger partial charge on any atom is 0.338 e. The number of benzene rings is 2. The second kappa shape index (κ2) is 9.88. The Balaban J connectivity index is 2.03. The van der Waals surface area contributed by atoms with E-state index in [1.165, 1.54) is 19.1 Å². The molecule has 29 heavy (non-hydrogen) atoms. The van der Waals surface area contributed by atoms with Crippen molar-refractivity contribution in [2.75, 3.05) is 23.3 Å². The molecule has 0 aliphatic rings. The summed E-state index contributed by atoms with van der Waals surface area (Å²) in [4.78, 5) is 37.0. The molecule has 0 aromatic heterocycles. The number of nitrogens with one attached hydrogen (secondary N) is 1. The predicted octanol–water partition coefficient (Wildman–Crippen LogP) is 4.28. The van der Waals surface area contributed by atoms with Gasteiger partial charge in [0.2, 0.25) is 0 Å². The van der Waals surface area contributed by atoms with Crippen molar-refractivity contribution >= 4 is 40.5 Å². The van der Waals surface area contributed by atoms with Gasteiger partial charge in [0.15, 0.2) is 6.10 Å². The highest BCUT2D eigenvalue weighted by atomic mass is 35.5. The third-order valence-electron chi connectivity index (χ3n) is 4.30. The SMILES string of the molecule is CCN(CC)c1ccc(C(=O)OC(C)C(=O)Nc2cc([N+](=O)[O-])ccc2Cl)cc1. The van der Waals surface area contributed by atoms with Crippen molar-refractivity contribution in [1.82, 2.24) is 0 Å². The first-order chi connectivity index (χ1) is 13.8. The molecule has 0 aliphatic carbocycles. The molecule has 2 aromatic rings. The molecular weight excluding hydrogens is 398 g/mol. The maximum absolute atomic E-state index is 12.3. The lowest BCUT2D eigenvalue weighted by molar-refractivity contribution is -0.384. The van der Waals surface area contributed by atoms with Gasteiger partial charge in [-0.2, -0.15) is 0 Å². The molecule has 1 N–H and O–H groups in total. The van der Waals surface area contributed by atoms with E-state index in [-0.39, 0.29) is 16.4 Å². The Morgan fingerprint density at radius 2 is 1.79 bits per heavy atom. The molecule has 0 bridgehead atoms. The van der Waals surface area contributed by atoms with Crippen molar-refractivity contribution in [3.05, 3.63) is 63.2 Å². The highest BCUT2D eigenvalue weighted by Crippen LogP contribution is 2.27. The van der Waals surface area contributed by atoms with E-state index in [1.54, 1.807) is 12.1 Å². The Hall–Kier alpha value is -3.13. The van der Waals surface area contributed by atoms with Crippen LogP contribution in [0.4, 0.5) is 17.1 Å². The zero-order valence-corrected chi connectivity index (χ0v) is 17.1. The summed E-state index contributed by atoms with van der Waals surface area (Å²) in [7, 11) is 0. The Kier molecular flexibility index (Phi) is 7.55. The number of nitro groups is 1. The summed E-state index contributed by atoms with van der Waals surface area (Å²) in [5.41, 5.74) is 1.14. The van der Waals surface area contributed by atoms with Crippen molar-refractivity contribution in [2.45, 2.75) is 26.9 Å². The summed E-state index contributed by atoms with van der Waals surface area (Å²) < 4.78 is 5.20. The van der Waals surface area contributed by atoms with Crippen LogP contribution in [0.15, 0.2) is 42.5 Å². The number of halogens is 1. The zero-order valence-electron chi connectivity index (χ0n) is 16.3. The van der Waals surface area contributed by atoms with Crippen LogP contribution in [0.3, 0.4) is 0 Å². The number of anilines is 2. The number of nitro benzene ring substituents is 1. The summed E-state index contributed by atoms with van der Waals surface area (Å²) in [6.45, 7) is 7.18. The lowest BCUT2D eigenvalue weighted by Crippen LogP contribution is -2.30. The number of rotatable bonds is 8. The minimum Gasteiger partial charge on any atom is -0.449 e. The highest BCUT2D eigenvalue weighted by molar-refractivity contribution is 6.33. The lowest BCUT2D eigenvalue weighted by Gasteiger charge is -2.21. The average Bonchev–Trinajstić information content (AvgIpc) is 2.70. The molecule has 0 saturated carbocycles. The number of hydrogen-bond donors (Lipinski definition) is 1. The number of non-ortho nitro benzene ring substituents is 1. The zero-order chi connectivity index (χ0) is 21.6. The molecule has 0 aliphatic heterocycles. The molecule has 0 spiro atoms. The number of nitrogens with zero attached hydrogens (tertiary/aromatic N) is 2. The Labute approximate surface area is 173 Å². The number of carbonyl (C=O) groups excluding carboxylic acids is 2. The van der Waals surface area contributed by atoms with Gasteiger partial charge in [-0.15, -0.1) is 0 Å². The van der Waals surface area contributed by atoms with E-state index < -0.39 is 22.9 Å². The Morgan fingerprint density at radius 1 is 1.17 bits per heavy atom. The molecule has 0 heterocycles. The van der Waals surface area contributed by atoms with Crippen LogP contribution in [-0.2, 0) is 9.53 Å². The van der Waals surface area contributed by atoms with E-state index in [0.717, 1.165) is 24.8 Å². The molecule has 2 aromatic carbocycles. The fourth-order valence-corrected chi connectivity index (χ4v) is 2.80. The van der Waals surface area contributed by atoms with Crippen LogP contribution in [0.25, 0.3) is 0 Å². The van der Waals surface area contributed by atoms with Crippen LogP contribution in [0.5, 0.6) is 0 Å². The normalized spacial score (nSPS) is 11.4. The van der Waals surface area contributed by atoms with E-state index in [9.17, 15) is 19.7 Å². The van der Waals surface area contributed by atoms with Gasteiger partial charge in [-0.05, 0) is 51.1 Å². The summed E-state index contributed by atoms with van der Waals surface area (Å²) in [6.07, 6.45) is -1.12. The van der Waals surface area contributed by atoms with E-state index in [1.807, 2.05) is 26.0 Å². The van der Waals surface area contributed by atoms with Crippen LogP contribution in [0, 0.1) is 10.1 Å². The Bertz CT molecular complexity index is 897. The van der Waals surface area contributed by atoms with E-state index in [2.05, 4.69) is 10.2 Å². The fraction of sp³-hybridized carbons (Fsp3) is 0.300. The molecular formula is C20H22ClN3O5. The minimum atomic E-state index is -1.12. The minimum absolute atomic E-state index is 0.0670. The van der Waals surface area contributed by atoms with Crippen molar-refractivity contribution in [3.8, 4) is 0 Å². The number of amides is 1. The molecule has 9 heteroatoms. The second-order valence-electron chi connectivity index (χ2n) is 6.18. The smallest absolute Gasteiger partial charge is 0.338 e. The summed E-state index contributed by atoms with van der Waals surface area (Å²) in [5, 5.41) is 13.4. The van der Waals surface area contributed by atoms with Gasteiger partial charge in [-0.1, -0.05) is 11.6 Å². The first-order valence-corrected chi connectivity index (χ1v) is 9.45. The molecule has 0 fully saturated rings. The summed E-state index contributed by atoms with van der Waals surface area (Å²) in [5.74, 6) is -1.30. The second-order valence-corrected chi connectivity index (χ2v) is 6.58. The Morgan fingerprint density at radius 3 is 2.34 bits per heavy atom. The molecule has 1 atom stereocenters. The molecule has 8 nitrogen and oxygen atoms in total. The maximum atomic E-state index is 12.3. The van der Waals surface area contributed by atoms with Crippen LogP contribution in [-0.4, -0.2) is 36.0 Å². The molecule has 154 valence electrons. The standard InChI is InChI=1S/C20H22ClN3O5/c1-4-23(5-2)15-8-6-14(7-9-15)20(26)29-13(3)19(25)22-18-12-16(24(27)28)10-11-17(18)21/h6-13H,4-5H2,1-3H3,(H,22,25). The van der Waals surface area contributed by atoms with Gasteiger partial charge in [0.25, 0.3) is 11.6 Å². The molecule has 0 saturated heterocycles. The number of hydrogen-bond acceptors (Lipinski definition) is 6. The highest BCUT2D eigenvalue weighted by Gasteiger charge is 2.21. The van der Waals surface area contributed by atoms with Gasteiger partial charge in [0.1, 0.15) is 0 Å². The molecule has 0 radical (unpaired) electrons. The van der Waals surface area contributed by atoms with E-state index >= 15 is 0 Å². The summed E-state index contributed by atoms with van der Waals surface area (Å²) >= 11 is 5.97. The monoisotopic (exact) mass is 419 g/mol. The van der Waals surface area contributed by atoms with Gasteiger partial charge in [0, 0.05) is 30.9 Å². The largest absolute Gasteiger partial charge is 0.449 e. The predicted molar refractivity (Wildman–Crippen MR) is 112 cm³/mol. The van der Waals surface area contributed by atoms with Gasteiger partial charge in [-0.3, -0.25) is 14.9 Å². The topological polar surface area (TPSA) is 102 Å². The van der Waals surface area contributed by atoms with Crippen molar-refractivity contribution in [2.24, 2.45) is 0 Å². The van der Waals surface area contributed by atoms with Crippen LogP contribution < -0.4 is 10.2 Å². The van der Waals surface area contributed by atoms with Crippen LogP contribution >= 0.6 is 11.6 Å². The number of ether oxygens (including phenoxy) is 1. The quantitative estimate of drug-likeness (QED) is 0.389. The van der Waals surface area contributed by atoms with Crippen LogP contribution in [0.2, 0.25) is 5.02 Å².